The van der Waals surface area contributed by atoms with Gasteiger partial charge in [-0.3, -0.25) is 0 Å². The minimum atomic E-state index is 0.212. The Hall–Kier alpha value is -0.860. The van der Waals surface area contributed by atoms with E-state index in [1.807, 2.05) is 0 Å². The molecule has 19 heavy (non-hydrogen) atoms. The maximum Gasteiger partial charge on any atom is 0.0255 e. The molecular formula is C17H28N2. The first-order chi connectivity index (χ1) is 8.97. The van der Waals surface area contributed by atoms with Crippen molar-refractivity contribution >= 4 is 0 Å². The lowest BCUT2D eigenvalue weighted by Crippen LogP contribution is -2.43. The Balaban J connectivity index is 1.82. The summed E-state index contributed by atoms with van der Waals surface area (Å²) in [7, 11) is 0. The lowest BCUT2D eigenvalue weighted by atomic mass is 10.0. The zero-order valence-corrected chi connectivity index (χ0v) is 12.8. The van der Waals surface area contributed by atoms with Crippen molar-refractivity contribution in [3.63, 3.8) is 0 Å². The van der Waals surface area contributed by atoms with Crippen LogP contribution in [0.25, 0.3) is 0 Å². The van der Waals surface area contributed by atoms with Crippen molar-refractivity contribution in [2.24, 2.45) is 0 Å². The second-order valence-electron chi connectivity index (χ2n) is 6.78. The van der Waals surface area contributed by atoms with Crippen LogP contribution in [0, 0.1) is 0 Å². The van der Waals surface area contributed by atoms with Crippen LogP contribution in [0.4, 0.5) is 0 Å². The minimum Gasteiger partial charge on any atom is -0.311 e. The van der Waals surface area contributed by atoms with Crippen molar-refractivity contribution in [3.8, 4) is 0 Å². The van der Waals surface area contributed by atoms with Crippen molar-refractivity contribution in [1.29, 1.82) is 0 Å². The first-order valence-electron chi connectivity index (χ1n) is 7.52. The third-order valence-corrected chi connectivity index (χ3v) is 4.17. The predicted molar refractivity (Wildman–Crippen MR) is 82.6 cm³/mol. The Labute approximate surface area is 118 Å². The van der Waals surface area contributed by atoms with Gasteiger partial charge < -0.3 is 10.6 Å². The Morgan fingerprint density at radius 1 is 1.16 bits per heavy atom. The third kappa shape index (κ3) is 3.80. The van der Waals surface area contributed by atoms with Crippen LogP contribution in [-0.4, -0.2) is 24.2 Å². The topological polar surface area (TPSA) is 24.1 Å². The van der Waals surface area contributed by atoms with Gasteiger partial charge in [0.2, 0.25) is 0 Å². The molecule has 0 saturated heterocycles. The second-order valence-corrected chi connectivity index (χ2v) is 6.78. The zero-order valence-electron chi connectivity index (χ0n) is 12.8. The first-order valence-corrected chi connectivity index (χ1v) is 7.52. The molecule has 2 heteroatoms. The molecule has 0 radical (unpaired) electrons. The van der Waals surface area contributed by atoms with Crippen LogP contribution in [0.1, 0.15) is 52.0 Å². The van der Waals surface area contributed by atoms with Crippen LogP contribution in [0.3, 0.4) is 0 Å². The van der Waals surface area contributed by atoms with Gasteiger partial charge in [-0.1, -0.05) is 37.3 Å². The van der Waals surface area contributed by atoms with Gasteiger partial charge in [-0.05, 0) is 39.2 Å². The molecule has 2 unspecified atom stereocenters. The van der Waals surface area contributed by atoms with E-state index in [2.05, 4.69) is 68.7 Å². The van der Waals surface area contributed by atoms with Crippen molar-refractivity contribution < 1.29 is 0 Å². The van der Waals surface area contributed by atoms with Crippen LogP contribution >= 0.6 is 0 Å². The van der Waals surface area contributed by atoms with E-state index >= 15 is 0 Å². The molecule has 0 spiro atoms. The smallest absolute Gasteiger partial charge is 0.0255 e. The molecule has 1 fully saturated rings. The summed E-state index contributed by atoms with van der Waals surface area (Å²) in [5.74, 6) is 0.702. The molecule has 2 N–H and O–H groups in total. The van der Waals surface area contributed by atoms with Crippen molar-refractivity contribution in [1.82, 2.24) is 10.6 Å². The van der Waals surface area contributed by atoms with E-state index < -0.39 is 0 Å². The van der Waals surface area contributed by atoms with Gasteiger partial charge in [0, 0.05) is 30.1 Å². The van der Waals surface area contributed by atoms with E-state index in [4.69, 9.17) is 0 Å². The van der Waals surface area contributed by atoms with E-state index in [9.17, 15) is 0 Å². The molecule has 1 saturated carbocycles. The Morgan fingerprint density at radius 2 is 1.84 bits per heavy atom. The van der Waals surface area contributed by atoms with E-state index in [1.165, 1.54) is 18.4 Å². The van der Waals surface area contributed by atoms with Crippen LogP contribution in [0.15, 0.2) is 30.3 Å². The largest absolute Gasteiger partial charge is 0.311 e. The average Bonchev–Trinajstić information content (AvgIpc) is 3.10. The van der Waals surface area contributed by atoms with Crippen molar-refractivity contribution in [2.45, 2.75) is 57.5 Å². The summed E-state index contributed by atoms with van der Waals surface area (Å²) in [4.78, 5) is 0. The normalized spacial score (nSPS) is 26.4. The highest BCUT2D eigenvalue weighted by Gasteiger charge is 2.52. The molecule has 2 rings (SSSR count). The van der Waals surface area contributed by atoms with E-state index in [0.717, 1.165) is 13.1 Å². The highest BCUT2D eigenvalue weighted by molar-refractivity contribution is 5.33. The molecule has 2 nitrogen and oxygen atoms in total. The fourth-order valence-electron chi connectivity index (χ4n) is 2.89. The summed E-state index contributed by atoms with van der Waals surface area (Å²) in [6, 6.07) is 10.9. The summed E-state index contributed by atoms with van der Waals surface area (Å²) in [6.07, 6.45) is 2.49. The Morgan fingerprint density at radius 3 is 2.42 bits per heavy atom. The molecule has 1 aromatic carbocycles. The lowest BCUT2D eigenvalue weighted by Gasteiger charge is -2.23. The number of hydrogen-bond acceptors (Lipinski definition) is 2. The van der Waals surface area contributed by atoms with Gasteiger partial charge in [-0.25, -0.2) is 0 Å². The highest BCUT2D eigenvalue weighted by atomic mass is 15.1. The lowest BCUT2D eigenvalue weighted by molar-refractivity contribution is 0.397. The van der Waals surface area contributed by atoms with Gasteiger partial charge in [-0.2, -0.15) is 0 Å². The third-order valence-electron chi connectivity index (χ3n) is 4.17. The van der Waals surface area contributed by atoms with E-state index in [1.54, 1.807) is 0 Å². The molecule has 0 bridgehead atoms. The van der Waals surface area contributed by atoms with Crippen molar-refractivity contribution in [3.05, 3.63) is 35.9 Å². The summed E-state index contributed by atoms with van der Waals surface area (Å²) < 4.78 is 0. The minimum absolute atomic E-state index is 0.212. The molecule has 0 aliphatic heterocycles. The SMILES string of the molecule is CCC1(NCCNC(C)(C)C)CC1c1ccccc1. The zero-order chi connectivity index (χ0) is 13.9. The maximum absolute atomic E-state index is 3.78. The Kier molecular flexibility index (Phi) is 4.32. The number of benzene rings is 1. The van der Waals surface area contributed by atoms with Crippen LogP contribution in [0.5, 0.6) is 0 Å². The standard InChI is InChI=1S/C17H28N2/c1-5-17(19-12-11-18-16(2,3)4)13-15(17)14-9-7-6-8-10-14/h6-10,15,18-19H,5,11-13H2,1-4H3. The van der Waals surface area contributed by atoms with Gasteiger partial charge in [0.25, 0.3) is 0 Å². The van der Waals surface area contributed by atoms with E-state index in [0.29, 0.717) is 11.5 Å². The van der Waals surface area contributed by atoms with E-state index in [-0.39, 0.29) is 5.54 Å². The number of hydrogen-bond donors (Lipinski definition) is 2. The van der Waals surface area contributed by atoms with Crippen LogP contribution in [-0.2, 0) is 0 Å². The molecule has 1 aromatic rings. The highest BCUT2D eigenvalue weighted by Crippen LogP contribution is 2.53. The molecule has 1 aliphatic rings. The van der Waals surface area contributed by atoms with Gasteiger partial charge in [0.1, 0.15) is 0 Å². The average molecular weight is 260 g/mol. The van der Waals surface area contributed by atoms with Gasteiger partial charge >= 0.3 is 0 Å². The fraction of sp³-hybridized carbons (Fsp3) is 0.647. The van der Waals surface area contributed by atoms with Gasteiger partial charge in [0.05, 0.1) is 0 Å². The van der Waals surface area contributed by atoms with Crippen LogP contribution < -0.4 is 10.6 Å². The molecule has 106 valence electrons. The first kappa shape index (κ1) is 14.5. The quantitative estimate of drug-likeness (QED) is 0.767. The second kappa shape index (κ2) is 5.64. The summed E-state index contributed by atoms with van der Waals surface area (Å²) in [5.41, 5.74) is 2.05. The predicted octanol–water partition coefficient (Wildman–Crippen LogP) is 3.30. The monoisotopic (exact) mass is 260 g/mol. The maximum atomic E-state index is 3.78. The van der Waals surface area contributed by atoms with Crippen molar-refractivity contribution in [2.75, 3.05) is 13.1 Å². The van der Waals surface area contributed by atoms with Gasteiger partial charge in [0.15, 0.2) is 0 Å². The molecule has 0 aromatic heterocycles. The van der Waals surface area contributed by atoms with Crippen LogP contribution in [0.2, 0.25) is 0 Å². The molecule has 0 heterocycles. The fourth-order valence-corrected chi connectivity index (χ4v) is 2.89. The molecular weight excluding hydrogens is 232 g/mol. The molecule has 0 amide bonds. The number of nitrogens with one attached hydrogen (secondary N) is 2. The molecule has 2 atom stereocenters. The molecule has 1 aliphatic carbocycles. The summed E-state index contributed by atoms with van der Waals surface area (Å²) >= 11 is 0. The van der Waals surface area contributed by atoms with Gasteiger partial charge in [-0.15, -0.1) is 0 Å². The number of rotatable bonds is 6. The summed E-state index contributed by atoms with van der Waals surface area (Å²) in [6.45, 7) is 11.0. The summed E-state index contributed by atoms with van der Waals surface area (Å²) in [5, 5.41) is 7.32. The Bertz CT molecular complexity index is 393.